The van der Waals surface area contributed by atoms with Crippen LogP contribution in [0, 0.1) is 13.8 Å². The van der Waals surface area contributed by atoms with Gasteiger partial charge >= 0.3 is 0 Å². The second kappa shape index (κ2) is 9.26. The van der Waals surface area contributed by atoms with Crippen molar-refractivity contribution in [3.8, 4) is 0 Å². The van der Waals surface area contributed by atoms with Gasteiger partial charge in [0.15, 0.2) is 0 Å². The standard InChI is InChI=1S/C25H28Cl3O3P/c1-14-10-16(25(3,4)5)11-15(2)21(14)23(29)32(31,18-8-6-7-9-18)24(30)22-19(27)12-17(26)13-20(22)28/h10-13,18H,6-9H2,1-5H3. The lowest BCUT2D eigenvalue weighted by Crippen LogP contribution is -2.22. The molecule has 1 aliphatic rings. The highest BCUT2D eigenvalue weighted by molar-refractivity contribution is 7.96. The first-order valence-electron chi connectivity index (χ1n) is 10.7. The Hall–Kier alpha value is -1.12. The number of halogens is 3. The van der Waals surface area contributed by atoms with Crippen molar-refractivity contribution in [2.45, 2.75) is 71.4 Å². The van der Waals surface area contributed by atoms with Crippen LogP contribution in [0.4, 0.5) is 0 Å². The van der Waals surface area contributed by atoms with Crippen molar-refractivity contribution < 1.29 is 14.2 Å². The molecule has 172 valence electrons. The lowest BCUT2D eigenvalue weighted by atomic mass is 9.84. The third-order valence-electron chi connectivity index (χ3n) is 6.28. The topological polar surface area (TPSA) is 51.2 Å². The van der Waals surface area contributed by atoms with Crippen LogP contribution in [0.2, 0.25) is 15.1 Å². The van der Waals surface area contributed by atoms with Crippen LogP contribution in [0.25, 0.3) is 0 Å². The van der Waals surface area contributed by atoms with Gasteiger partial charge in [0.05, 0.1) is 15.6 Å². The van der Waals surface area contributed by atoms with Crippen LogP contribution in [0.3, 0.4) is 0 Å². The van der Waals surface area contributed by atoms with Crippen molar-refractivity contribution in [1.29, 1.82) is 0 Å². The first-order chi connectivity index (χ1) is 14.8. The summed E-state index contributed by atoms with van der Waals surface area (Å²) in [6.07, 6.45) is 2.79. The normalized spacial score (nSPS) is 16.8. The zero-order valence-electron chi connectivity index (χ0n) is 19.0. The molecule has 0 heterocycles. The van der Waals surface area contributed by atoms with E-state index in [0.717, 1.165) is 29.5 Å². The van der Waals surface area contributed by atoms with E-state index < -0.39 is 23.8 Å². The summed E-state index contributed by atoms with van der Waals surface area (Å²) >= 11 is 18.6. The molecule has 0 aromatic heterocycles. The van der Waals surface area contributed by atoms with Crippen LogP contribution >= 0.6 is 41.9 Å². The van der Waals surface area contributed by atoms with Crippen LogP contribution in [-0.2, 0) is 9.98 Å². The van der Waals surface area contributed by atoms with Gasteiger partial charge in [-0.2, -0.15) is 0 Å². The van der Waals surface area contributed by atoms with Gasteiger partial charge in [0, 0.05) is 16.2 Å². The SMILES string of the molecule is Cc1cc(C(C)(C)C)cc(C)c1C(=O)P(=O)(C(=O)c1c(Cl)cc(Cl)cc1Cl)C1CCCC1. The van der Waals surface area contributed by atoms with Gasteiger partial charge in [-0.15, -0.1) is 0 Å². The molecule has 1 aliphatic carbocycles. The minimum absolute atomic E-state index is 0.00930. The summed E-state index contributed by atoms with van der Waals surface area (Å²) in [7, 11) is -4.06. The predicted molar refractivity (Wildman–Crippen MR) is 135 cm³/mol. The fourth-order valence-corrected chi connectivity index (χ4v) is 8.82. The maximum atomic E-state index is 14.5. The van der Waals surface area contributed by atoms with Crippen molar-refractivity contribution in [2.75, 3.05) is 0 Å². The molecule has 1 atom stereocenters. The number of benzene rings is 2. The highest BCUT2D eigenvalue weighted by atomic mass is 35.5. The van der Waals surface area contributed by atoms with Crippen LogP contribution in [0.15, 0.2) is 24.3 Å². The molecule has 0 aliphatic heterocycles. The summed E-state index contributed by atoms with van der Waals surface area (Å²) in [6.45, 7) is 9.96. The molecule has 0 N–H and O–H groups in total. The van der Waals surface area contributed by atoms with Crippen molar-refractivity contribution in [3.05, 3.63) is 67.2 Å². The van der Waals surface area contributed by atoms with Gasteiger partial charge in [0.1, 0.15) is 0 Å². The molecule has 1 saturated carbocycles. The molecule has 2 aromatic carbocycles. The van der Waals surface area contributed by atoms with Gasteiger partial charge in [-0.05, 0) is 60.9 Å². The molecule has 3 nitrogen and oxygen atoms in total. The average molecular weight is 514 g/mol. The van der Waals surface area contributed by atoms with E-state index in [9.17, 15) is 14.2 Å². The van der Waals surface area contributed by atoms with E-state index in [2.05, 4.69) is 20.8 Å². The number of carbonyl (C=O) groups excluding carboxylic acids is 2. The van der Waals surface area contributed by atoms with E-state index in [1.807, 2.05) is 26.0 Å². The van der Waals surface area contributed by atoms with Crippen molar-refractivity contribution in [3.63, 3.8) is 0 Å². The Kier molecular flexibility index (Phi) is 7.38. The summed E-state index contributed by atoms with van der Waals surface area (Å²) in [4.78, 5) is 27.7. The lowest BCUT2D eigenvalue weighted by molar-refractivity contribution is 0.103. The van der Waals surface area contributed by atoms with Crippen molar-refractivity contribution in [2.24, 2.45) is 0 Å². The van der Waals surface area contributed by atoms with Crippen LogP contribution in [0.5, 0.6) is 0 Å². The molecule has 0 radical (unpaired) electrons. The molecule has 2 aromatic rings. The Labute approximate surface area is 205 Å². The van der Waals surface area contributed by atoms with Gasteiger partial charge in [0.25, 0.3) is 0 Å². The first kappa shape index (κ1) is 25.5. The molecule has 32 heavy (non-hydrogen) atoms. The van der Waals surface area contributed by atoms with Gasteiger partial charge in [0.2, 0.25) is 18.2 Å². The zero-order chi connectivity index (χ0) is 24.0. The first-order valence-corrected chi connectivity index (χ1v) is 13.6. The highest BCUT2D eigenvalue weighted by Gasteiger charge is 2.50. The lowest BCUT2D eigenvalue weighted by Gasteiger charge is -2.26. The number of hydrogen-bond acceptors (Lipinski definition) is 3. The largest absolute Gasteiger partial charge is 0.306 e. The Balaban J connectivity index is 2.21. The van der Waals surface area contributed by atoms with Gasteiger partial charge in [-0.25, -0.2) is 0 Å². The number of aryl methyl sites for hydroxylation is 2. The van der Waals surface area contributed by atoms with Gasteiger partial charge in [-0.1, -0.05) is 80.5 Å². The molecule has 0 bridgehead atoms. The Morgan fingerprint density at radius 3 is 1.72 bits per heavy atom. The van der Waals surface area contributed by atoms with Crippen molar-refractivity contribution in [1.82, 2.24) is 0 Å². The zero-order valence-corrected chi connectivity index (χ0v) is 22.2. The van der Waals surface area contributed by atoms with Crippen LogP contribution in [-0.4, -0.2) is 16.7 Å². The molecule has 1 fully saturated rings. The summed E-state index contributed by atoms with van der Waals surface area (Å²) in [5.74, 6) is 0. The summed E-state index contributed by atoms with van der Waals surface area (Å²) in [5, 5.41) is 0.285. The molecular weight excluding hydrogens is 486 g/mol. The fourth-order valence-electron chi connectivity index (χ4n) is 4.50. The van der Waals surface area contributed by atoms with Crippen molar-refractivity contribution >= 4 is 53.0 Å². The average Bonchev–Trinajstić information content (AvgIpc) is 3.20. The van der Waals surface area contributed by atoms with E-state index in [1.165, 1.54) is 12.1 Å². The van der Waals surface area contributed by atoms with E-state index in [-0.39, 0.29) is 26.0 Å². The maximum absolute atomic E-state index is 14.5. The Morgan fingerprint density at radius 2 is 1.28 bits per heavy atom. The minimum Gasteiger partial charge on any atom is -0.306 e. The van der Waals surface area contributed by atoms with E-state index in [1.54, 1.807) is 0 Å². The smallest absolute Gasteiger partial charge is 0.232 e. The second-order valence-corrected chi connectivity index (χ2v) is 13.8. The molecule has 0 spiro atoms. The van der Waals surface area contributed by atoms with E-state index in [0.29, 0.717) is 18.4 Å². The molecular formula is C25H28Cl3O3P. The highest BCUT2D eigenvalue weighted by Crippen LogP contribution is 2.62. The molecule has 0 saturated heterocycles. The van der Waals surface area contributed by atoms with Gasteiger partial charge < -0.3 is 4.57 Å². The number of rotatable bonds is 5. The fraction of sp³-hybridized carbons (Fsp3) is 0.440. The summed E-state index contributed by atoms with van der Waals surface area (Å²) in [6, 6.07) is 6.68. The number of carbonyl (C=O) groups is 2. The second-order valence-electron chi connectivity index (χ2n) is 9.69. The quantitative estimate of drug-likeness (QED) is 0.375. The van der Waals surface area contributed by atoms with Crippen LogP contribution in [0.1, 0.15) is 83.9 Å². The molecule has 3 rings (SSSR count). The van der Waals surface area contributed by atoms with Crippen LogP contribution < -0.4 is 0 Å². The van der Waals surface area contributed by atoms with E-state index >= 15 is 0 Å². The summed E-state index contributed by atoms with van der Waals surface area (Å²) in [5.41, 5.74) is 0.837. The predicted octanol–water partition coefficient (Wildman–Crippen LogP) is 8.85. The minimum atomic E-state index is -4.06. The maximum Gasteiger partial charge on any atom is 0.232 e. The molecule has 0 amide bonds. The molecule has 7 heteroatoms. The Morgan fingerprint density at radius 1 is 0.844 bits per heavy atom. The van der Waals surface area contributed by atoms with E-state index in [4.69, 9.17) is 34.8 Å². The molecule has 1 unspecified atom stereocenters. The third kappa shape index (κ3) is 4.60. The number of hydrogen-bond donors (Lipinski definition) is 0. The summed E-state index contributed by atoms with van der Waals surface area (Å²) < 4.78 is 14.5. The third-order valence-corrected chi connectivity index (χ3v) is 10.3. The van der Waals surface area contributed by atoms with Gasteiger partial charge in [-0.3, -0.25) is 9.59 Å². The Bertz CT molecular complexity index is 1100. The monoisotopic (exact) mass is 512 g/mol.